The van der Waals surface area contributed by atoms with Crippen LogP contribution in [0.3, 0.4) is 0 Å². The number of rotatable bonds is 1. The first kappa shape index (κ1) is 10.0. The van der Waals surface area contributed by atoms with Gasteiger partial charge in [0.25, 0.3) is 5.91 Å². The van der Waals surface area contributed by atoms with Gasteiger partial charge in [0.15, 0.2) is 0 Å². The van der Waals surface area contributed by atoms with Crippen molar-refractivity contribution in [2.24, 2.45) is 0 Å². The van der Waals surface area contributed by atoms with Crippen LogP contribution in [0.1, 0.15) is 23.3 Å². The lowest BCUT2D eigenvalue weighted by Crippen LogP contribution is -2.39. The van der Waals surface area contributed by atoms with E-state index < -0.39 is 6.17 Å². The fourth-order valence-electron chi connectivity index (χ4n) is 1.62. The molecule has 1 aliphatic heterocycles. The minimum Gasteiger partial charge on any atom is -0.337 e. The van der Waals surface area contributed by atoms with E-state index in [-0.39, 0.29) is 5.91 Å². The van der Waals surface area contributed by atoms with Crippen LogP contribution in [0.15, 0.2) is 18.6 Å². The number of nitrogens with zero attached hydrogens (tertiary/aromatic N) is 3. The van der Waals surface area contributed by atoms with E-state index in [1.165, 1.54) is 18.6 Å². The topological polar surface area (TPSA) is 46.1 Å². The van der Waals surface area contributed by atoms with Crippen molar-refractivity contribution in [2.45, 2.75) is 19.0 Å². The lowest BCUT2D eigenvalue weighted by atomic mass is 10.1. The number of alkyl halides is 1. The second kappa shape index (κ2) is 4.33. The van der Waals surface area contributed by atoms with E-state index in [9.17, 15) is 9.18 Å². The Morgan fingerprint density at radius 2 is 2.13 bits per heavy atom. The zero-order valence-corrected chi connectivity index (χ0v) is 8.27. The quantitative estimate of drug-likeness (QED) is 0.694. The van der Waals surface area contributed by atoms with Crippen molar-refractivity contribution >= 4 is 5.91 Å². The van der Waals surface area contributed by atoms with E-state index in [1.54, 1.807) is 4.90 Å². The Kier molecular flexibility index (Phi) is 2.89. The molecular formula is C10H12FN3O. The molecule has 0 aliphatic carbocycles. The maximum absolute atomic E-state index is 12.9. The molecule has 0 N–H and O–H groups in total. The van der Waals surface area contributed by atoms with Gasteiger partial charge in [-0.15, -0.1) is 0 Å². The maximum Gasteiger partial charge on any atom is 0.274 e. The van der Waals surface area contributed by atoms with Crippen LogP contribution in [0.4, 0.5) is 4.39 Å². The molecule has 1 fully saturated rings. The molecule has 0 radical (unpaired) electrons. The highest BCUT2D eigenvalue weighted by Crippen LogP contribution is 2.14. The molecule has 0 saturated carbocycles. The van der Waals surface area contributed by atoms with Gasteiger partial charge in [0.2, 0.25) is 0 Å². The lowest BCUT2D eigenvalue weighted by molar-refractivity contribution is 0.0660. The van der Waals surface area contributed by atoms with Crippen molar-refractivity contribution < 1.29 is 9.18 Å². The Morgan fingerprint density at radius 1 is 1.40 bits per heavy atom. The van der Waals surface area contributed by atoms with Crippen LogP contribution >= 0.6 is 0 Å². The first-order valence-corrected chi connectivity index (χ1v) is 4.97. The van der Waals surface area contributed by atoms with Gasteiger partial charge in [-0.3, -0.25) is 9.78 Å². The molecule has 0 bridgehead atoms. The second-order valence-electron chi connectivity index (χ2n) is 3.56. The first-order chi connectivity index (χ1) is 7.27. The number of hydrogen-bond acceptors (Lipinski definition) is 3. The lowest BCUT2D eigenvalue weighted by Gasteiger charge is -2.28. The number of carbonyl (C=O) groups excluding carboxylic acids is 1. The fourth-order valence-corrected chi connectivity index (χ4v) is 1.62. The number of amides is 1. The molecule has 4 nitrogen and oxygen atoms in total. The molecule has 15 heavy (non-hydrogen) atoms. The minimum atomic E-state index is -0.768. The average Bonchev–Trinajstić information content (AvgIpc) is 2.30. The highest BCUT2D eigenvalue weighted by Gasteiger charge is 2.23. The van der Waals surface area contributed by atoms with Gasteiger partial charge >= 0.3 is 0 Å². The van der Waals surface area contributed by atoms with Crippen molar-refractivity contribution in [1.29, 1.82) is 0 Å². The molecule has 0 atom stereocenters. The van der Waals surface area contributed by atoms with Gasteiger partial charge in [0.1, 0.15) is 11.9 Å². The third-order valence-electron chi connectivity index (χ3n) is 2.49. The van der Waals surface area contributed by atoms with E-state index in [1.807, 2.05) is 0 Å². The van der Waals surface area contributed by atoms with E-state index in [4.69, 9.17) is 0 Å². The van der Waals surface area contributed by atoms with Crippen LogP contribution in [0.25, 0.3) is 0 Å². The summed E-state index contributed by atoms with van der Waals surface area (Å²) >= 11 is 0. The predicted molar refractivity (Wildman–Crippen MR) is 52.1 cm³/mol. The summed E-state index contributed by atoms with van der Waals surface area (Å²) in [6, 6.07) is 0. The van der Waals surface area contributed by atoms with Crippen LogP contribution in [-0.2, 0) is 0 Å². The van der Waals surface area contributed by atoms with Gasteiger partial charge < -0.3 is 4.90 Å². The molecule has 0 aromatic carbocycles. The Balaban J connectivity index is 2.03. The van der Waals surface area contributed by atoms with Crippen LogP contribution < -0.4 is 0 Å². The molecule has 2 heterocycles. The van der Waals surface area contributed by atoms with E-state index in [2.05, 4.69) is 9.97 Å². The van der Waals surface area contributed by atoms with Gasteiger partial charge in [-0.05, 0) is 12.8 Å². The van der Waals surface area contributed by atoms with Crippen LogP contribution in [0.2, 0.25) is 0 Å². The number of aromatic nitrogens is 2. The largest absolute Gasteiger partial charge is 0.337 e. The highest BCUT2D eigenvalue weighted by molar-refractivity contribution is 5.91. The predicted octanol–water partition coefficient (Wildman–Crippen LogP) is 1.05. The smallest absolute Gasteiger partial charge is 0.274 e. The number of hydrogen-bond donors (Lipinski definition) is 0. The van der Waals surface area contributed by atoms with Gasteiger partial charge in [0.05, 0.1) is 6.20 Å². The minimum absolute atomic E-state index is 0.157. The molecule has 1 saturated heterocycles. The molecule has 1 aromatic heterocycles. The van der Waals surface area contributed by atoms with E-state index >= 15 is 0 Å². The number of likely N-dealkylation sites (tertiary alicyclic amines) is 1. The Morgan fingerprint density at radius 3 is 2.73 bits per heavy atom. The van der Waals surface area contributed by atoms with Gasteiger partial charge in [-0.2, -0.15) is 0 Å². The summed E-state index contributed by atoms with van der Waals surface area (Å²) in [5, 5.41) is 0. The second-order valence-corrected chi connectivity index (χ2v) is 3.56. The zero-order valence-electron chi connectivity index (χ0n) is 8.27. The maximum atomic E-state index is 12.9. The van der Waals surface area contributed by atoms with Crippen molar-refractivity contribution in [1.82, 2.24) is 14.9 Å². The fraction of sp³-hybridized carbons (Fsp3) is 0.500. The molecule has 5 heteroatoms. The third kappa shape index (κ3) is 2.29. The molecule has 2 rings (SSSR count). The standard InChI is InChI=1S/C10H12FN3O/c11-8-1-5-14(6-2-8)10(15)9-7-12-3-4-13-9/h3-4,7-8H,1-2,5-6H2. The highest BCUT2D eigenvalue weighted by atomic mass is 19.1. The Labute approximate surface area is 87.1 Å². The molecule has 0 spiro atoms. The summed E-state index contributed by atoms with van der Waals surface area (Å²) in [5.74, 6) is -0.157. The summed E-state index contributed by atoms with van der Waals surface area (Å²) in [7, 11) is 0. The number of piperidine rings is 1. The van der Waals surface area contributed by atoms with Crippen molar-refractivity contribution in [3.63, 3.8) is 0 Å². The van der Waals surface area contributed by atoms with Crippen molar-refractivity contribution in [2.75, 3.05) is 13.1 Å². The van der Waals surface area contributed by atoms with Crippen molar-refractivity contribution in [3.05, 3.63) is 24.3 Å². The van der Waals surface area contributed by atoms with Gasteiger partial charge in [-0.25, -0.2) is 9.37 Å². The van der Waals surface area contributed by atoms with E-state index in [0.717, 1.165) is 0 Å². The molecule has 0 unspecified atom stereocenters. The first-order valence-electron chi connectivity index (χ1n) is 4.97. The zero-order chi connectivity index (χ0) is 10.7. The summed E-state index contributed by atoms with van der Waals surface area (Å²) in [6.07, 6.45) is 4.51. The number of halogens is 1. The SMILES string of the molecule is O=C(c1cnccn1)N1CCC(F)CC1. The van der Waals surface area contributed by atoms with Crippen LogP contribution in [0, 0.1) is 0 Å². The molecule has 80 valence electrons. The molecular weight excluding hydrogens is 197 g/mol. The van der Waals surface area contributed by atoms with Crippen molar-refractivity contribution in [3.8, 4) is 0 Å². The Hall–Kier alpha value is -1.52. The number of carbonyl (C=O) groups is 1. The average molecular weight is 209 g/mol. The third-order valence-corrected chi connectivity index (χ3v) is 2.49. The van der Waals surface area contributed by atoms with Gasteiger partial charge in [0, 0.05) is 25.5 Å². The van der Waals surface area contributed by atoms with Gasteiger partial charge in [-0.1, -0.05) is 0 Å². The van der Waals surface area contributed by atoms with Crippen LogP contribution in [-0.4, -0.2) is 40.0 Å². The van der Waals surface area contributed by atoms with Crippen LogP contribution in [0.5, 0.6) is 0 Å². The normalized spacial score (nSPS) is 17.8. The molecule has 1 aliphatic rings. The molecule has 1 aromatic rings. The summed E-state index contributed by atoms with van der Waals surface area (Å²) in [5.41, 5.74) is 0.329. The summed E-state index contributed by atoms with van der Waals surface area (Å²) in [6.45, 7) is 0.938. The summed E-state index contributed by atoms with van der Waals surface area (Å²) < 4.78 is 12.9. The van der Waals surface area contributed by atoms with E-state index in [0.29, 0.717) is 31.6 Å². The summed E-state index contributed by atoms with van der Waals surface area (Å²) in [4.78, 5) is 21.2. The molecule has 1 amide bonds. The monoisotopic (exact) mass is 209 g/mol. The Bertz CT molecular complexity index is 336.